The summed E-state index contributed by atoms with van der Waals surface area (Å²) in [7, 11) is 0. The van der Waals surface area contributed by atoms with Gasteiger partial charge in [0.05, 0.1) is 6.61 Å². The first-order valence-corrected chi connectivity index (χ1v) is 8.68. The summed E-state index contributed by atoms with van der Waals surface area (Å²) in [4.78, 5) is 0. The molecule has 3 rings (SSSR count). The Balaban J connectivity index is 1.70. The first-order valence-electron chi connectivity index (χ1n) is 7.92. The third-order valence-electron chi connectivity index (χ3n) is 4.16. The van der Waals surface area contributed by atoms with Crippen LogP contribution in [-0.4, -0.2) is 51.6 Å². The lowest BCUT2D eigenvalue weighted by atomic mass is 10.0. The van der Waals surface area contributed by atoms with Gasteiger partial charge in [0.15, 0.2) is 0 Å². The number of ether oxygens (including phenoxy) is 2. The van der Waals surface area contributed by atoms with Crippen molar-refractivity contribution in [3.63, 3.8) is 0 Å². The Morgan fingerprint density at radius 1 is 1.00 bits per heavy atom. The highest BCUT2D eigenvalue weighted by Gasteiger charge is 2.38. The van der Waals surface area contributed by atoms with Crippen LogP contribution in [0, 0.1) is 0 Å². The average molecular weight is 401 g/mol. The summed E-state index contributed by atoms with van der Waals surface area (Å²) < 4.78 is 10.7. The molecular weight excluding hydrogens is 383 g/mol. The van der Waals surface area contributed by atoms with E-state index in [0.717, 1.165) is 0 Å². The predicted molar refractivity (Wildman–Crippen MR) is 95.4 cm³/mol. The van der Waals surface area contributed by atoms with Crippen LogP contribution in [0.4, 0.5) is 0 Å². The van der Waals surface area contributed by atoms with Gasteiger partial charge >= 0.3 is 0 Å². The van der Waals surface area contributed by atoms with Crippen molar-refractivity contribution >= 4 is 23.2 Å². The molecule has 0 spiro atoms. The second-order valence-corrected chi connectivity index (χ2v) is 6.85. The van der Waals surface area contributed by atoms with Gasteiger partial charge in [0.2, 0.25) is 6.29 Å². The maximum absolute atomic E-state index is 10.5. The molecule has 1 aliphatic heterocycles. The number of rotatable bonds is 4. The zero-order chi connectivity index (χ0) is 18.8. The van der Waals surface area contributed by atoms with Crippen LogP contribution in [0.5, 0.6) is 5.75 Å². The molecule has 1 heterocycles. The van der Waals surface area contributed by atoms with Crippen LogP contribution in [0.1, 0.15) is 17.2 Å². The maximum Gasteiger partial charge on any atom is 0.228 e. The second-order valence-electron chi connectivity index (χ2n) is 6.01. The van der Waals surface area contributed by atoms with E-state index in [-0.39, 0.29) is 6.61 Å². The molecule has 5 atom stereocenters. The molecule has 8 heteroatoms. The minimum atomic E-state index is -1.38. The van der Waals surface area contributed by atoms with E-state index in [1.54, 1.807) is 42.5 Å². The van der Waals surface area contributed by atoms with Crippen LogP contribution < -0.4 is 4.74 Å². The van der Waals surface area contributed by atoms with Gasteiger partial charge in [-0.2, -0.15) is 0 Å². The Hall–Kier alpha value is -1.38. The van der Waals surface area contributed by atoms with Crippen molar-refractivity contribution in [2.45, 2.75) is 30.7 Å². The lowest BCUT2D eigenvalue weighted by Crippen LogP contribution is -2.54. The fraction of sp³-hybridized carbons (Fsp3) is 0.333. The van der Waals surface area contributed by atoms with Gasteiger partial charge in [-0.05, 0) is 29.8 Å². The van der Waals surface area contributed by atoms with Gasteiger partial charge in [-0.3, -0.25) is 0 Å². The molecule has 1 fully saturated rings. The van der Waals surface area contributed by atoms with Crippen molar-refractivity contribution in [1.82, 2.24) is 0 Å². The van der Waals surface area contributed by atoms with Crippen molar-refractivity contribution in [2.75, 3.05) is 6.61 Å². The van der Waals surface area contributed by atoms with Crippen molar-refractivity contribution in [3.8, 4) is 5.75 Å². The zero-order valence-corrected chi connectivity index (χ0v) is 15.0. The molecule has 140 valence electrons. The smallest absolute Gasteiger partial charge is 0.228 e. The topological polar surface area (TPSA) is 99.4 Å². The van der Waals surface area contributed by atoms with Crippen molar-refractivity contribution in [1.29, 1.82) is 0 Å². The highest BCUT2D eigenvalue weighted by Crippen LogP contribution is 2.31. The summed E-state index contributed by atoms with van der Waals surface area (Å²) in [5.41, 5.74) is 1.11. The van der Waals surface area contributed by atoms with Crippen LogP contribution in [0.25, 0.3) is 0 Å². The van der Waals surface area contributed by atoms with Crippen molar-refractivity contribution in [2.24, 2.45) is 0 Å². The second kappa shape index (κ2) is 8.10. The van der Waals surface area contributed by atoms with Crippen LogP contribution in [0.15, 0.2) is 42.5 Å². The van der Waals surface area contributed by atoms with Gasteiger partial charge in [0, 0.05) is 15.6 Å². The Morgan fingerprint density at radius 3 is 2.35 bits per heavy atom. The molecule has 0 bridgehead atoms. The third kappa shape index (κ3) is 4.13. The van der Waals surface area contributed by atoms with E-state index in [2.05, 4.69) is 0 Å². The van der Waals surface area contributed by atoms with E-state index < -0.39 is 30.7 Å². The fourth-order valence-corrected chi connectivity index (χ4v) is 3.16. The first kappa shape index (κ1) is 19.4. The van der Waals surface area contributed by atoms with Crippen LogP contribution in [-0.2, 0) is 4.74 Å². The molecule has 0 saturated carbocycles. The molecule has 4 N–H and O–H groups in total. The van der Waals surface area contributed by atoms with Gasteiger partial charge < -0.3 is 29.9 Å². The number of halogens is 2. The van der Waals surface area contributed by atoms with E-state index in [0.29, 0.717) is 26.9 Å². The van der Waals surface area contributed by atoms with E-state index >= 15 is 0 Å². The normalized spacial score (nSPS) is 27.2. The third-order valence-corrected chi connectivity index (χ3v) is 4.72. The Bertz CT molecular complexity index is 754. The number of aliphatic hydroxyl groups is 4. The molecule has 1 saturated heterocycles. The summed E-state index contributed by atoms with van der Waals surface area (Å²) >= 11 is 12.0. The molecule has 1 aliphatic rings. The first-order chi connectivity index (χ1) is 12.4. The average Bonchev–Trinajstić information content (AvgIpc) is 2.62. The lowest BCUT2D eigenvalue weighted by Gasteiger charge is -2.34. The van der Waals surface area contributed by atoms with Crippen molar-refractivity contribution < 1.29 is 29.9 Å². The van der Waals surface area contributed by atoms with Crippen LogP contribution in [0.3, 0.4) is 0 Å². The van der Waals surface area contributed by atoms with Crippen LogP contribution >= 0.6 is 23.2 Å². The molecule has 6 nitrogen and oxygen atoms in total. The van der Waals surface area contributed by atoms with E-state index in [1.807, 2.05) is 0 Å². The number of hydrogen-bond donors (Lipinski definition) is 4. The SMILES string of the molecule is OC(c1ccc(O[C@@H]2OC[C@@H](O)[C@H](O)[C@H]2O)cc1)c1ccc(Cl)cc1Cl. The highest BCUT2D eigenvalue weighted by atomic mass is 35.5. The monoisotopic (exact) mass is 400 g/mol. The quantitative estimate of drug-likeness (QED) is 0.625. The molecule has 26 heavy (non-hydrogen) atoms. The summed E-state index contributed by atoms with van der Waals surface area (Å²) in [6, 6.07) is 11.3. The Kier molecular flexibility index (Phi) is 6.04. The minimum absolute atomic E-state index is 0.144. The minimum Gasteiger partial charge on any atom is -0.462 e. The molecule has 0 amide bonds. The molecule has 0 aromatic heterocycles. The van der Waals surface area contributed by atoms with E-state index in [9.17, 15) is 20.4 Å². The molecule has 2 aromatic carbocycles. The highest BCUT2D eigenvalue weighted by molar-refractivity contribution is 6.35. The summed E-state index contributed by atoms with van der Waals surface area (Å²) in [6.45, 7) is -0.144. The Morgan fingerprint density at radius 2 is 1.69 bits per heavy atom. The molecular formula is C18H18Cl2O6. The summed E-state index contributed by atoms with van der Waals surface area (Å²) in [5, 5.41) is 40.3. The van der Waals surface area contributed by atoms with Gasteiger partial charge in [-0.25, -0.2) is 0 Å². The molecule has 0 radical (unpaired) electrons. The fourth-order valence-electron chi connectivity index (χ4n) is 2.65. The largest absolute Gasteiger partial charge is 0.462 e. The number of benzene rings is 2. The number of aliphatic hydroxyl groups excluding tert-OH is 4. The van der Waals surface area contributed by atoms with Gasteiger partial charge in [-0.15, -0.1) is 0 Å². The summed E-state index contributed by atoms with van der Waals surface area (Å²) in [5.74, 6) is 0.371. The van der Waals surface area contributed by atoms with Crippen LogP contribution in [0.2, 0.25) is 10.0 Å². The predicted octanol–water partition coefficient (Wildman–Crippen LogP) is 1.89. The maximum atomic E-state index is 10.5. The van der Waals surface area contributed by atoms with Crippen molar-refractivity contribution in [3.05, 3.63) is 63.6 Å². The Labute approximate surface area is 160 Å². The summed E-state index contributed by atoms with van der Waals surface area (Å²) in [6.07, 6.45) is -5.93. The van der Waals surface area contributed by atoms with Gasteiger partial charge in [0.1, 0.15) is 30.2 Å². The van der Waals surface area contributed by atoms with E-state index in [4.69, 9.17) is 32.7 Å². The lowest BCUT2D eigenvalue weighted by molar-refractivity contribution is -0.242. The molecule has 0 aliphatic carbocycles. The standard InChI is InChI=1S/C18H18Cl2O6/c19-10-3-6-12(13(20)7-10)15(22)9-1-4-11(5-2-9)26-18-17(24)16(23)14(21)8-25-18/h1-7,14-18,21-24H,8H2/t14-,15?,16+,17-,18+/m1/s1. The molecule has 2 aromatic rings. The van der Waals surface area contributed by atoms with Gasteiger partial charge in [0.25, 0.3) is 0 Å². The van der Waals surface area contributed by atoms with Gasteiger partial charge in [-0.1, -0.05) is 41.4 Å². The molecule has 1 unspecified atom stereocenters. The zero-order valence-electron chi connectivity index (χ0n) is 13.5. The number of hydrogen-bond acceptors (Lipinski definition) is 6. The van der Waals surface area contributed by atoms with E-state index in [1.165, 1.54) is 0 Å².